The zero-order valence-electron chi connectivity index (χ0n) is 10.2. The number of rotatable bonds is 3. The molecule has 102 valence electrons. The van der Waals surface area contributed by atoms with Gasteiger partial charge < -0.3 is 11.5 Å². The Morgan fingerprint density at radius 3 is 2.00 bits per heavy atom. The van der Waals surface area contributed by atoms with Crippen molar-refractivity contribution in [3.63, 3.8) is 0 Å². The number of carbonyl (C=O) groups is 2. The number of amides is 2. The molecule has 0 spiro atoms. The van der Waals surface area contributed by atoms with Crippen LogP contribution >= 0.6 is 11.6 Å². The predicted molar refractivity (Wildman–Crippen MR) is 73.9 cm³/mol. The van der Waals surface area contributed by atoms with Gasteiger partial charge in [0, 0.05) is 21.7 Å². The Balaban J connectivity index is 2.82. The minimum atomic E-state index is -0.747. The highest BCUT2D eigenvalue weighted by Gasteiger charge is 2.18. The zero-order valence-corrected chi connectivity index (χ0v) is 10.9. The first-order valence-corrected chi connectivity index (χ1v) is 5.97. The summed E-state index contributed by atoms with van der Waals surface area (Å²) in [6, 6.07) is 8.04. The summed E-state index contributed by atoms with van der Waals surface area (Å²) in [7, 11) is 0. The number of halogens is 2. The maximum atomic E-state index is 13.5. The second kappa shape index (κ2) is 5.30. The first kappa shape index (κ1) is 14.0. The van der Waals surface area contributed by atoms with E-state index in [1.54, 1.807) is 0 Å². The summed E-state index contributed by atoms with van der Waals surface area (Å²) in [6.45, 7) is 0. The monoisotopic (exact) mass is 292 g/mol. The lowest BCUT2D eigenvalue weighted by molar-refractivity contribution is 0.0999. The van der Waals surface area contributed by atoms with E-state index in [1.165, 1.54) is 24.3 Å². The number of benzene rings is 2. The molecule has 0 unspecified atom stereocenters. The molecule has 4 N–H and O–H groups in total. The van der Waals surface area contributed by atoms with Crippen molar-refractivity contribution in [2.24, 2.45) is 11.5 Å². The predicted octanol–water partition coefficient (Wildman–Crippen LogP) is 2.34. The van der Waals surface area contributed by atoms with Crippen molar-refractivity contribution >= 4 is 23.4 Å². The molecule has 0 saturated heterocycles. The van der Waals surface area contributed by atoms with Crippen LogP contribution in [0.15, 0.2) is 36.4 Å². The lowest BCUT2D eigenvalue weighted by Crippen LogP contribution is -2.18. The Morgan fingerprint density at radius 2 is 1.55 bits per heavy atom. The third-order valence-corrected chi connectivity index (χ3v) is 2.96. The average molecular weight is 293 g/mol. The van der Waals surface area contributed by atoms with E-state index >= 15 is 0 Å². The molecule has 6 heteroatoms. The van der Waals surface area contributed by atoms with Crippen LogP contribution in [0.1, 0.15) is 20.7 Å². The molecule has 2 rings (SSSR count). The van der Waals surface area contributed by atoms with E-state index in [4.69, 9.17) is 23.1 Å². The Labute approximate surface area is 119 Å². The van der Waals surface area contributed by atoms with E-state index < -0.39 is 17.6 Å². The molecule has 0 atom stereocenters. The standard InChI is InChI=1S/C14H10ClFN2O2/c15-8-4-7(5-9(16)6-8)12-10(13(17)19)2-1-3-11(12)14(18)20/h1-6H,(H2,17,19)(H2,18,20). The van der Waals surface area contributed by atoms with Gasteiger partial charge in [-0.05, 0) is 35.9 Å². The van der Waals surface area contributed by atoms with Gasteiger partial charge in [-0.15, -0.1) is 0 Å². The van der Waals surface area contributed by atoms with Crippen LogP contribution in [0.5, 0.6) is 0 Å². The van der Waals surface area contributed by atoms with Gasteiger partial charge in [0.2, 0.25) is 11.8 Å². The van der Waals surface area contributed by atoms with Gasteiger partial charge in [-0.1, -0.05) is 17.7 Å². The largest absolute Gasteiger partial charge is 0.366 e. The maximum Gasteiger partial charge on any atom is 0.249 e. The van der Waals surface area contributed by atoms with Gasteiger partial charge in [0.15, 0.2) is 0 Å². The topological polar surface area (TPSA) is 86.2 Å². The number of carbonyl (C=O) groups excluding carboxylic acids is 2. The Hall–Kier alpha value is -2.40. The van der Waals surface area contributed by atoms with Crippen molar-refractivity contribution in [2.45, 2.75) is 0 Å². The van der Waals surface area contributed by atoms with Gasteiger partial charge in [-0.3, -0.25) is 9.59 Å². The summed E-state index contributed by atoms with van der Waals surface area (Å²) >= 11 is 5.79. The van der Waals surface area contributed by atoms with Crippen molar-refractivity contribution < 1.29 is 14.0 Å². The third kappa shape index (κ3) is 2.62. The van der Waals surface area contributed by atoms with Gasteiger partial charge in [-0.25, -0.2) is 4.39 Å². The molecule has 0 aliphatic carbocycles. The molecule has 2 aromatic carbocycles. The smallest absolute Gasteiger partial charge is 0.249 e. The van der Waals surface area contributed by atoms with E-state index in [0.717, 1.165) is 12.1 Å². The Morgan fingerprint density at radius 1 is 1.00 bits per heavy atom. The fraction of sp³-hybridized carbons (Fsp3) is 0. The van der Waals surface area contributed by atoms with Gasteiger partial charge in [0.05, 0.1) is 0 Å². The van der Waals surface area contributed by atoms with Gasteiger partial charge in [0.25, 0.3) is 0 Å². The average Bonchev–Trinajstić information content (AvgIpc) is 2.36. The van der Waals surface area contributed by atoms with Gasteiger partial charge >= 0.3 is 0 Å². The van der Waals surface area contributed by atoms with Gasteiger partial charge in [0.1, 0.15) is 5.82 Å². The molecule has 0 bridgehead atoms. The summed E-state index contributed by atoms with van der Waals surface area (Å²) in [4.78, 5) is 23.0. The molecule has 20 heavy (non-hydrogen) atoms. The molecule has 2 amide bonds. The highest BCUT2D eigenvalue weighted by atomic mass is 35.5. The molecular weight excluding hydrogens is 283 g/mol. The highest BCUT2D eigenvalue weighted by molar-refractivity contribution is 6.31. The first-order valence-electron chi connectivity index (χ1n) is 5.59. The fourth-order valence-corrected chi connectivity index (χ4v) is 2.19. The molecule has 0 fully saturated rings. The van der Waals surface area contributed by atoms with Gasteiger partial charge in [-0.2, -0.15) is 0 Å². The molecule has 0 aliphatic rings. The molecule has 0 saturated carbocycles. The number of primary amides is 2. The van der Waals surface area contributed by atoms with Crippen molar-refractivity contribution in [3.05, 3.63) is 58.4 Å². The van der Waals surface area contributed by atoms with Crippen LogP contribution in [0.25, 0.3) is 11.1 Å². The van der Waals surface area contributed by atoms with Crippen LogP contribution in [-0.2, 0) is 0 Å². The van der Waals surface area contributed by atoms with E-state index in [2.05, 4.69) is 0 Å². The van der Waals surface area contributed by atoms with Crippen LogP contribution in [0.4, 0.5) is 4.39 Å². The van der Waals surface area contributed by atoms with Crippen LogP contribution in [0.3, 0.4) is 0 Å². The van der Waals surface area contributed by atoms with Crippen molar-refractivity contribution in [1.82, 2.24) is 0 Å². The van der Waals surface area contributed by atoms with Crippen LogP contribution < -0.4 is 11.5 Å². The third-order valence-electron chi connectivity index (χ3n) is 2.75. The first-order chi connectivity index (χ1) is 9.40. The fourth-order valence-electron chi connectivity index (χ4n) is 1.97. The van der Waals surface area contributed by atoms with Crippen LogP contribution in [-0.4, -0.2) is 11.8 Å². The lowest BCUT2D eigenvalue weighted by Gasteiger charge is -2.12. The van der Waals surface area contributed by atoms with Crippen molar-refractivity contribution in [1.29, 1.82) is 0 Å². The van der Waals surface area contributed by atoms with Crippen molar-refractivity contribution in [2.75, 3.05) is 0 Å². The summed E-state index contributed by atoms with van der Waals surface area (Å²) in [5.41, 5.74) is 11.1. The SMILES string of the molecule is NC(=O)c1cccc(C(N)=O)c1-c1cc(F)cc(Cl)c1. The summed E-state index contributed by atoms with van der Waals surface area (Å²) in [6.07, 6.45) is 0. The molecule has 0 aliphatic heterocycles. The minimum Gasteiger partial charge on any atom is -0.366 e. The summed E-state index contributed by atoms with van der Waals surface area (Å²) in [5, 5.41) is 0.134. The quantitative estimate of drug-likeness (QED) is 0.909. The van der Waals surface area contributed by atoms with Crippen molar-refractivity contribution in [3.8, 4) is 11.1 Å². The zero-order chi connectivity index (χ0) is 14.9. The second-order valence-electron chi connectivity index (χ2n) is 4.11. The van der Waals surface area contributed by atoms with E-state index in [0.29, 0.717) is 0 Å². The maximum absolute atomic E-state index is 13.5. The van der Waals surface area contributed by atoms with E-state index in [-0.39, 0.29) is 27.3 Å². The molecule has 2 aromatic rings. The second-order valence-corrected chi connectivity index (χ2v) is 4.55. The van der Waals surface area contributed by atoms with Crippen LogP contribution in [0, 0.1) is 5.82 Å². The Bertz CT molecular complexity index is 664. The molecule has 4 nitrogen and oxygen atoms in total. The summed E-state index contributed by atoms with van der Waals surface area (Å²) < 4.78 is 13.5. The molecule has 0 radical (unpaired) electrons. The minimum absolute atomic E-state index is 0.0722. The van der Waals surface area contributed by atoms with E-state index in [9.17, 15) is 14.0 Å². The van der Waals surface area contributed by atoms with Crippen LogP contribution in [0.2, 0.25) is 5.02 Å². The summed E-state index contributed by atoms with van der Waals surface area (Å²) in [5.74, 6) is -2.09. The Kier molecular flexibility index (Phi) is 3.72. The molecule has 0 aromatic heterocycles. The molecular formula is C14H10ClFN2O2. The normalized spacial score (nSPS) is 10.3. The number of nitrogens with two attached hydrogens (primary N) is 2. The number of hydrogen-bond acceptors (Lipinski definition) is 2. The van der Waals surface area contributed by atoms with E-state index in [1.807, 2.05) is 0 Å². The highest BCUT2D eigenvalue weighted by Crippen LogP contribution is 2.30. The molecule has 0 heterocycles. The lowest BCUT2D eigenvalue weighted by atomic mass is 9.93. The number of hydrogen-bond donors (Lipinski definition) is 2.